The standard InChI is InChI=1S/C15H20O3/c1-8-10-6-11-9(2)12(16)4-5-15(11,3)7-13(10)18-14(8)17/h10,12-13,16H,1,4-7H2,2-3H3/t10-,12-,13-,15-/m1/s1. The molecule has 3 rings (SSSR count). The van der Waals surface area contributed by atoms with Crippen molar-refractivity contribution in [2.24, 2.45) is 11.3 Å². The molecular formula is C15H20O3. The first-order valence-corrected chi connectivity index (χ1v) is 6.70. The highest BCUT2D eigenvalue weighted by molar-refractivity contribution is 5.91. The van der Waals surface area contributed by atoms with E-state index in [1.54, 1.807) is 0 Å². The summed E-state index contributed by atoms with van der Waals surface area (Å²) in [4.78, 5) is 11.6. The minimum Gasteiger partial charge on any atom is -0.458 e. The van der Waals surface area contributed by atoms with E-state index in [1.807, 2.05) is 6.92 Å². The third-order valence-corrected chi connectivity index (χ3v) is 5.17. The van der Waals surface area contributed by atoms with Crippen molar-refractivity contribution in [3.8, 4) is 0 Å². The summed E-state index contributed by atoms with van der Waals surface area (Å²) >= 11 is 0. The van der Waals surface area contributed by atoms with Gasteiger partial charge in [0.2, 0.25) is 0 Å². The molecule has 0 aromatic rings. The van der Waals surface area contributed by atoms with E-state index in [2.05, 4.69) is 13.5 Å². The van der Waals surface area contributed by atoms with E-state index < -0.39 is 0 Å². The van der Waals surface area contributed by atoms with E-state index in [0.717, 1.165) is 31.3 Å². The number of hydrogen-bond donors (Lipinski definition) is 1. The second-order valence-electron chi connectivity index (χ2n) is 6.26. The lowest BCUT2D eigenvalue weighted by Crippen LogP contribution is -2.40. The Bertz CT molecular complexity index is 462. The van der Waals surface area contributed by atoms with Gasteiger partial charge < -0.3 is 9.84 Å². The molecule has 1 N–H and O–H groups in total. The van der Waals surface area contributed by atoms with Crippen molar-refractivity contribution >= 4 is 5.97 Å². The largest absolute Gasteiger partial charge is 0.458 e. The van der Waals surface area contributed by atoms with Crippen molar-refractivity contribution in [2.75, 3.05) is 0 Å². The zero-order valence-corrected chi connectivity index (χ0v) is 11.0. The average molecular weight is 248 g/mol. The van der Waals surface area contributed by atoms with Crippen LogP contribution in [0.4, 0.5) is 0 Å². The van der Waals surface area contributed by atoms with Gasteiger partial charge >= 0.3 is 5.97 Å². The highest BCUT2D eigenvalue weighted by Crippen LogP contribution is 2.54. The highest BCUT2D eigenvalue weighted by atomic mass is 16.6. The molecule has 4 atom stereocenters. The number of esters is 1. The predicted octanol–water partition coefficient (Wildman–Crippen LogP) is 2.36. The van der Waals surface area contributed by atoms with E-state index in [1.165, 1.54) is 5.57 Å². The molecule has 0 radical (unpaired) electrons. The predicted molar refractivity (Wildman–Crippen MR) is 67.8 cm³/mol. The molecule has 1 saturated carbocycles. The van der Waals surface area contributed by atoms with Crippen molar-refractivity contribution in [1.82, 2.24) is 0 Å². The van der Waals surface area contributed by atoms with Crippen molar-refractivity contribution in [3.63, 3.8) is 0 Å². The molecule has 0 aromatic carbocycles. The number of ether oxygens (including phenoxy) is 1. The Balaban J connectivity index is 2.00. The first kappa shape index (κ1) is 12.0. The molecule has 0 spiro atoms. The Hall–Kier alpha value is -1.09. The maximum absolute atomic E-state index is 11.6. The van der Waals surface area contributed by atoms with Crippen LogP contribution in [0.5, 0.6) is 0 Å². The van der Waals surface area contributed by atoms with Crippen LogP contribution in [0, 0.1) is 11.3 Å². The molecule has 3 nitrogen and oxygen atoms in total. The van der Waals surface area contributed by atoms with E-state index in [-0.39, 0.29) is 29.5 Å². The number of fused-ring (bicyclic) bond motifs is 2. The number of rotatable bonds is 0. The van der Waals surface area contributed by atoms with Crippen LogP contribution in [0.3, 0.4) is 0 Å². The number of carbonyl (C=O) groups excluding carboxylic acids is 1. The summed E-state index contributed by atoms with van der Waals surface area (Å²) in [5, 5.41) is 10.0. The minimum atomic E-state index is -0.309. The molecule has 0 bridgehead atoms. The molecule has 3 aliphatic rings. The van der Waals surface area contributed by atoms with E-state index in [9.17, 15) is 9.90 Å². The molecule has 1 aliphatic heterocycles. The first-order valence-electron chi connectivity index (χ1n) is 6.70. The second-order valence-corrected chi connectivity index (χ2v) is 6.26. The lowest BCUT2D eigenvalue weighted by molar-refractivity contribution is -0.140. The number of carbonyl (C=O) groups is 1. The molecule has 2 aliphatic carbocycles. The van der Waals surface area contributed by atoms with Crippen LogP contribution in [-0.4, -0.2) is 23.3 Å². The fourth-order valence-electron chi connectivity index (χ4n) is 3.91. The summed E-state index contributed by atoms with van der Waals surface area (Å²) in [5.41, 5.74) is 3.15. The van der Waals surface area contributed by atoms with Gasteiger partial charge in [-0.3, -0.25) is 0 Å². The fraction of sp³-hybridized carbons (Fsp3) is 0.667. The van der Waals surface area contributed by atoms with Gasteiger partial charge in [0.15, 0.2) is 0 Å². The average Bonchev–Trinajstić information content (AvgIpc) is 2.58. The molecule has 0 aromatic heterocycles. The summed E-state index contributed by atoms with van der Waals surface area (Å²) < 4.78 is 5.43. The number of allylic oxidation sites excluding steroid dienone is 1. The van der Waals surface area contributed by atoms with Crippen molar-refractivity contribution in [1.29, 1.82) is 0 Å². The SMILES string of the molecule is C=C1C(=O)O[C@@H]2C[C@@]3(C)CC[C@@H](O)C(C)=C3C[C@H]12. The lowest BCUT2D eigenvalue weighted by atomic mass is 9.60. The molecule has 0 amide bonds. The lowest BCUT2D eigenvalue weighted by Gasteiger charge is -2.46. The van der Waals surface area contributed by atoms with Gasteiger partial charge in [0.1, 0.15) is 6.10 Å². The van der Waals surface area contributed by atoms with E-state index in [0.29, 0.717) is 5.57 Å². The minimum absolute atomic E-state index is 0.00166. The van der Waals surface area contributed by atoms with Crippen molar-refractivity contribution in [2.45, 2.75) is 51.7 Å². The maximum atomic E-state index is 11.6. The number of hydrogen-bond acceptors (Lipinski definition) is 3. The van der Waals surface area contributed by atoms with Crippen molar-refractivity contribution < 1.29 is 14.6 Å². The van der Waals surface area contributed by atoms with Crippen LogP contribution in [0.1, 0.15) is 39.5 Å². The molecule has 1 heterocycles. The zero-order valence-electron chi connectivity index (χ0n) is 11.0. The van der Waals surface area contributed by atoms with Gasteiger partial charge in [0.25, 0.3) is 0 Å². The van der Waals surface area contributed by atoms with Crippen LogP contribution in [-0.2, 0) is 9.53 Å². The second kappa shape index (κ2) is 3.70. The van der Waals surface area contributed by atoms with Crippen molar-refractivity contribution in [3.05, 3.63) is 23.3 Å². The van der Waals surface area contributed by atoms with Gasteiger partial charge in [-0.1, -0.05) is 19.1 Å². The molecule has 98 valence electrons. The quantitative estimate of drug-likeness (QED) is 0.406. The van der Waals surface area contributed by atoms with E-state index in [4.69, 9.17) is 4.74 Å². The monoisotopic (exact) mass is 248 g/mol. The van der Waals surface area contributed by atoms with Gasteiger partial charge in [0.05, 0.1) is 6.10 Å². The third-order valence-electron chi connectivity index (χ3n) is 5.17. The van der Waals surface area contributed by atoms with Crippen LogP contribution in [0.15, 0.2) is 23.3 Å². The van der Waals surface area contributed by atoms with Crippen LogP contribution in [0.25, 0.3) is 0 Å². The molecule has 2 fully saturated rings. The molecular weight excluding hydrogens is 228 g/mol. The fourth-order valence-corrected chi connectivity index (χ4v) is 3.91. The molecule has 18 heavy (non-hydrogen) atoms. The van der Waals surface area contributed by atoms with Crippen LogP contribution < -0.4 is 0 Å². The van der Waals surface area contributed by atoms with E-state index >= 15 is 0 Å². The summed E-state index contributed by atoms with van der Waals surface area (Å²) in [5.74, 6) is -0.105. The highest BCUT2D eigenvalue weighted by Gasteiger charge is 2.50. The van der Waals surface area contributed by atoms with Gasteiger partial charge in [-0.15, -0.1) is 0 Å². The Morgan fingerprint density at radius 3 is 2.94 bits per heavy atom. The normalized spacial score (nSPS) is 43.6. The van der Waals surface area contributed by atoms with Crippen LogP contribution >= 0.6 is 0 Å². The summed E-state index contributed by atoms with van der Waals surface area (Å²) in [7, 11) is 0. The maximum Gasteiger partial charge on any atom is 0.334 e. The zero-order chi connectivity index (χ0) is 13.1. The molecule has 3 heteroatoms. The topological polar surface area (TPSA) is 46.5 Å². The smallest absolute Gasteiger partial charge is 0.334 e. The Morgan fingerprint density at radius 1 is 1.50 bits per heavy atom. The number of aliphatic hydroxyl groups is 1. The Morgan fingerprint density at radius 2 is 2.22 bits per heavy atom. The Labute approximate surface area is 108 Å². The van der Waals surface area contributed by atoms with Crippen LogP contribution in [0.2, 0.25) is 0 Å². The summed E-state index contributed by atoms with van der Waals surface area (Å²) in [6.07, 6.45) is 3.19. The summed E-state index contributed by atoms with van der Waals surface area (Å²) in [6.45, 7) is 8.13. The van der Waals surface area contributed by atoms with Gasteiger partial charge in [0, 0.05) is 11.5 Å². The van der Waals surface area contributed by atoms with Gasteiger partial charge in [-0.25, -0.2) is 4.79 Å². The summed E-state index contributed by atoms with van der Waals surface area (Å²) in [6, 6.07) is 0. The van der Waals surface area contributed by atoms with Gasteiger partial charge in [-0.2, -0.15) is 0 Å². The van der Waals surface area contributed by atoms with Gasteiger partial charge in [-0.05, 0) is 43.6 Å². The third kappa shape index (κ3) is 1.50. The Kier molecular flexibility index (Phi) is 2.46. The molecule has 0 unspecified atom stereocenters. The first-order chi connectivity index (χ1) is 8.42. The number of aliphatic hydroxyl groups excluding tert-OH is 1. The molecule has 1 saturated heterocycles.